The van der Waals surface area contributed by atoms with E-state index < -0.39 is 0 Å². The summed E-state index contributed by atoms with van der Waals surface area (Å²) in [6.45, 7) is 8.50. The van der Waals surface area contributed by atoms with Gasteiger partial charge in [-0.05, 0) is 34.7 Å². The SMILES string of the molecule is CC.Cc1cccc2c1-c1ccccc1C2C. The molecule has 3 rings (SSSR count). The monoisotopic (exact) mass is 224 g/mol. The van der Waals surface area contributed by atoms with Crippen molar-refractivity contribution in [3.8, 4) is 11.1 Å². The Hall–Kier alpha value is -1.56. The Morgan fingerprint density at radius 3 is 2.24 bits per heavy atom. The lowest BCUT2D eigenvalue weighted by Crippen LogP contribution is -1.88. The second kappa shape index (κ2) is 4.75. The van der Waals surface area contributed by atoms with Gasteiger partial charge in [-0.3, -0.25) is 0 Å². The van der Waals surface area contributed by atoms with Crippen LogP contribution in [0.1, 0.15) is 43.4 Å². The summed E-state index contributed by atoms with van der Waals surface area (Å²) in [6.07, 6.45) is 0. The Morgan fingerprint density at radius 1 is 0.824 bits per heavy atom. The zero-order chi connectivity index (χ0) is 12.4. The van der Waals surface area contributed by atoms with E-state index in [9.17, 15) is 0 Å². The standard InChI is InChI=1S/C15H14.C2H6/c1-10-6-5-9-13-11(2)12-7-3-4-8-14(12)15(10)13;1-2/h3-9,11H,1-2H3;1-2H3. The van der Waals surface area contributed by atoms with Crippen LogP contribution >= 0.6 is 0 Å². The summed E-state index contributed by atoms with van der Waals surface area (Å²) in [6, 6.07) is 15.4. The van der Waals surface area contributed by atoms with Crippen molar-refractivity contribution >= 4 is 0 Å². The van der Waals surface area contributed by atoms with Gasteiger partial charge in [-0.1, -0.05) is 63.2 Å². The quantitative estimate of drug-likeness (QED) is 0.580. The van der Waals surface area contributed by atoms with Crippen LogP contribution in [0.15, 0.2) is 42.5 Å². The third kappa shape index (κ3) is 1.78. The fourth-order valence-corrected chi connectivity index (χ4v) is 2.69. The van der Waals surface area contributed by atoms with Crippen LogP contribution in [0.2, 0.25) is 0 Å². The van der Waals surface area contributed by atoms with Gasteiger partial charge in [0.25, 0.3) is 0 Å². The molecule has 0 N–H and O–H groups in total. The lowest BCUT2D eigenvalue weighted by atomic mass is 9.98. The lowest BCUT2D eigenvalue weighted by Gasteiger charge is -2.06. The van der Waals surface area contributed by atoms with Gasteiger partial charge in [-0.25, -0.2) is 0 Å². The molecule has 0 aliphatic heterocycles. The predicted octanol–water partition coefficient (Wildman–Crippen LogP) is 5.15. The Labute approximate surface area is 104 Å². The van der Waals surface area contributed by atoms with Crippen LogP contribution in [0.5, 0.6) is 0 Å². The topological polar surface area (TPSA) is 0 Å². The summed E-state index contributed by atoms with van der Waals surface area (Å²) in [5.41, 5.74) is 7.24. The smallest absolute Gasteiger partial charge is 0.00734 e. The summed E-state index contributed by atoms with van der Waals surface area (Å²) >= 11 is 0. The highest BCUT2D eigenvalue weighted by molar-refractivity contribution is 5.80. The van der Waals surface area contributed by atoms with Gasteiger partial charge in [-0.15, -0.1) is 0 Å². The Bertz CT molecular complexity index is 523. The van der Waals surface area contributed by atoms with Crippen molar-refractivity contribution in [1.29, 1.82) is 0 Å². The van der Waals surface area contributed by atoms with Gasteiger partial charge in [0.05, 0.1) is 0 Å². The maximum Gasteiger partial charge on any atom is 0.00734 e. The maximum absolute atomic E-state index is 2.30. The minimum atomic E-state index is 0.552. The highest BCUT2D eigenvalue weighted by atomic mass is 14.3. The fraction of sp³-hybridized carbons (Fsp3) is 0.294. The molecule has 88 valence electrons. The molecule has 0 radical (unpaired) electrons. The number of benzene rings is 2. The van der Waals surface area contributed by atoms with E-state index in [0.29, 0.717) is 5.92 Å². The average Bonchev–Trinajstić information content (AvgIpc) is 2.68. The first-order chi connectivity index (χ1) is 8.29. The number of fused-ring (bicyclic) bond motifs is 3. The van der Waals surface area contributed by atoms with Gasteiger partial charge in [-0.2, -0.15) is 0 Å². The van der Waals surface area contributed by atoms with Gasteiger partial charge >= 0.3 is 0 Å². The van der Waals surface area contributed by atoms with E-state index in [0.717, 1.165) is 0 Å². The van der Waals surface area contributed by atoms with Gasteiger partial charge in [0.15, 0.2) is 0 Å². The van der Waals surface area contributed by atoms with E-state index in [2.05, 4.69) is 56.3 Å². The molecular weight excluding hydrogens is 204 g/mol. The Balaban J connectivity index is 0.000000514. The van der Waals surface area contributed by atoms with E-state index in [1.807, 2.05) is 13.8 Å². The van der Waals surface area contributed by atoms with Crippen molar-refractivity contribution in [3.05, 3.63) is 59.2 Å². The van der Waals surface area contributed by atoms with Gasteiger partial charge in [0, 0.05) is 5.92 Å². The predicted molar refractivity (Wildman–Crippen MR) is 75.5 cm³/mol. The van der Waals surface area contributed by atoms with E-state index in [1.165, 1.54) is 27.8 Å². The number of hydrogen-bond donors (Lipinski definition) is 0. The fourth-order valence-electron chi connectivity index (χ4n) is 2.69. The number of rotatable bonds is 0. The first-order valence-electron chi connectivity index (χ1n) is 6.48. The van der Waals surface area contributed by atoms with E-state index in [4.69, 9.17) is 0 Å². The molecule has 2 aromatic carbocycles. The minimum Gasteiger partial charge on any atom is -0.0683 e. The number of aryl methyl sites for hydroxylation is 1. The van der Waals surface area contributed by atoms with Crippen LogP contribution < -0.4 is 0 Å². The summed E-state index contributed by atoms with van der Waals surface area (Å²) in [7, 11) is 0. The van der Waals surface area contributed by atoms with Crippen LogP contribution in [-0.2, 0) is 0 Å². The maximum atomic E-state index is 2.30. The molecule has 1 atom stereocenters. The largest absolute Gasteiger partial charge is 0.0683 e. The van der Waals surface area contributed by atoms with Crippen molar-refractivity contribution in [2.75, 3.05) is 0 Å². The minimum absolute atomic E-state index is 0.552. The van der Waals surface area contributed by atoms with E-state index in [1.54, 1.807) is 0 Å². The number of hydrogen-bond acceptors (Lipinski definition) is 0. The van der Waals surface area contributed by atoms with Gasteiger partial charge in [0.1, 0.15) is 0 Å². The average molecular weight is 224 g/mol. The third-order valence-electron chi connectivity index (χ3n) is 3.47. The van der Waals surface area contributed by atoms with Crippen LogP contribution in [0.3, 0.4) is 0 Å². The first-order valence-corrected chi connectivity index (χ1v) is 6.48. The van der Waals surface area contributed by atoms with Gasteiger partial charge < -0.3 is 0 Å². The molecule has 0 aromatic heterocycles. The molecule has 0 saturated heterocycles. The Morgan fingerprint density at radius 2 is 1.47 bits per heavy atom. The molecule has 1 aliphatic carbocycles. The lowest BCUT2D eigenvalue weighted by molar-refractivity contribution is 0.956. The zero-order valence-corrected chi connectivity index (χ0v) is 11.1. The molecule has 2 aromatic rings. The highest BCUT2D eigenvalue weighted by Gasteiger charge is 2.25. The van der Waals surface area contributed by atoms with Crippen molar-refractivity contribution in [3.63, 3.8) is 0 Å². The van der Waals surface area contributed by atoms with Crippen molar-refractivity contribution < 1.29 is 0 Å². The Kier molecular flexibility index (Phi) is 3.33. The molecular formula is C17H20. The molecule has 17 heavy (non-hydrogen) atoms. The molecule has 0 fully saturated rings. The molecule has 0 heteroatoms. The van der Waals surface area contributed by atoms with Crippen LogP contribution in [0, 0.1) is 6.92 Å². The molecule has 1 unspecified atom stereocenters. The molecule has 0 bridgehead atoms. The normalized spacial score (nSPS) is 15.6. The first kappa shape index (κ1) is 11.9. The van der Waals surface area contributed by atoms with Crippen molar-refractivity contribution in [2.24, 2.45) is 0 Å². The third-order valence-corrected chi connectivity index (χ3v) is 3.47. The summed E-state index contributed by atoms with van der Waals surface area (Å²) in [5.74, 6) is 0.552. The van der Waals surface area contributed by atoms with Gasteiger partial charge in [0.2, 0.25) is 0 Å². The summed E-state index contributed by atoms with van der Waals surface area (Å²) in [4.78, 5) is 0. The van der Waals surface area contributed by atoms with Crippen LogP contribution in [0.4, 0.5) is 0 Å². The molecule has 0 spiro atoms. The van der Waals surface area contributed by atoms with Crippen LogP contribution in [0.25, 0.3) is 11.1 Å². The molecule has 0 saturated carbocycles. The molecule has 1 aliphatic rings. The second-order valence-electron chi connectivity index (χ2n) is 4.35. The highest BCUT2D eigenvalue weighted by Crippen LogP contribution is 2.45. The van der Waals surface area contributed by atoms with Crippen LogP contribution in [-0.4, -0.2) is 0 Å². The molecule has 0 heterocycles. The molecule has 0 amide bonds. The van der Waals surface area contributed by atoms with E-state index >= 15 is 0 Å². The van der Waals surface area contributed by atoms with E-state index in [-0.39, 0.29) is 0 Å². The van der Waals surface area contributed by atoms with Crippen molar-refractivity contribution in [1.82, 2.24) is 0 Å². The molecule has 0 nitrogen and oxygen atoms in total. The second-order valence-corrected chi connectivity index (χ2v) is 4.35. The summed E-state index contributed by atoms with van der Waals surface area (Å²) < 4.78 is 0. The summed E-state index contributed by atoms with van der Waals surface area (Å²) in [5, 5.41) is 0. The van der Waals surface area contributed by atoms with Crippen molar-refractivity contribution in [2.45, 2.75) is 33.6 Å². The zero-order valence-electron chi connectivity index (χ0n) is 11.1.